The summed E-state index contributed by atoms with van der Waals surface area (Å²) in [5, 5.41) is 3.29. The van der Waals surface area contributed by atoms with E-state index in [-0.39, 0.29) is 25.8 Å². The highest BCUT2D eigenvalue weighted by molar-refractivity contribution is 7.20. The Balaban J connectivity index is 1.94. The molecule has 0 fully saturated rings. The summed E-state index contributed by atoms with van der Waals surface area (Å²) in [7, 11) is 0. The predicted molar refractivity (Wildman–Crippen MR) is 112 cm³/mol. The van der Waals surface area contributed by atoms with Crippen molar-refractivity contribution in [3.05, 3.63) is 90.5 Å². The van der Waals surface area contributed by atoms with E-state index in [1.807, 2.05) is 37.3 Å². The minimum Gasteiger partial charge on any atom is -0.345 e. The monoisotopic (exact) mass is 437 g/mol. The molecule has 7 heteroatoms. The first-order chi connectivity index (χ1) is 12.9. The van der Waals surface area contributed by atoms with Crippen LogP contribution in [0, 0.1) is 0 Å². The van der Waals surface area contributed by atoms with Crippen LogP contribution in [0.5, 0.6) is 0 Å². The van der Waals surface area contributed by atoms with Crippen molar-refractivity contribution in [2.24, 2.45) is 0 Å². The molecule has 1 amide bonds. The largest absolute Gasteiger partial charge is 0.345 e. The lowest BCUT2D eigenvalue weighted by molar-refractivity contribution is 0.0930. The van der Waals surface area contributed by atoms with Crippen molar-refractivity contribution in [3.8, 4) is 0 Å². The van der Waals surface area contributed by atoms with Crippen LogP contribution in [0.2, 0.25) is 13.7 Å². The number of hydrogen-bond donors (Lipinski definition) is 1. The highest BCUT2D eigenvalue weighted by Crippen LogP contribution is 2.38. The van der Waals surface area contributed by atoms with E-state index >= 15 is 0 Å². The molecule has 0 radical (unpaired) electrons. The average molecular weight is 439 g/mol. The van der Waals surface area contributed by atoms with Gasteiger partial charge in [-0.25, -0.2) is 0 Å². The SMILES string of the molecule is C[C@H](NC(=O)c1c(Cl)sc(Cl)c1C(=O)c1cccc(Cl)c1)c1ccccc1. The first kappa shape index (κ1) is 19.9. The molecule has 1 heterocycles. The van der Waals surface area contributed by atoms with Gasteiger partial charge in [0.1, 0.15) is 8.67 Å². The molecule has 1 N–H and O–H groups in total. The van der Waals surface area contributed by atoms with Gasteiger partial charge in [-0.05, 0) is 24.6 Å². The van der Waals surface area contributed by atoms with Gasteiger partial charge in [-0.1, -0.05) is 77.3 Å². The van der Waals surface area contributed by atoms with E-state index in [9.17, 15) is 9.59 Å². The molecule has 0 unspecified atom stereocenters. The third-order valence-corrected chi connectivity index (χ3v) is 5.85. The number of thiophene rings is 1. The quantitative estimate of drug-likeness (QED) is 0.466. The summed E-state index contributed by atoms with van der Waals surface area (Å²) >= 11 is 19.4. The molecule has 0 aliphatic carbocycles. The lowest BCUT2D eigenvalue weighted by Crippen LogP contribution is -2.28. The van der Waals surface area contributed by atoms with Gasteiger partial charge < -0.3 is 5.32 Å². The lowest BCUT2D eigenvalue weighted by atomic mass is 10.0. The van der Waals surface area contributed by atoms with E-state index in [4.69, 9.17) is 34.8 Å². The Kier molecular flexibility index (Phi) is 6.22. The van der Waals surface area contributed by atoms with E-state index < -0.39 is 11.7 Å². The van der Waals surface area contributed by atoms with Gasteiger partial charge in [0.15, 0.2) is 5.78 Å². The van der Waals surface area contributed by atoms with Crippen LogP contribution in [0.1, 0.15) is 44.8 Å². The Bertz CT molecular complexity index is 1000. The van der Waals surface area contributed by atoms with Gasteiger partial charge in [-0.2, -0.15) is 0 Å². The summed E-state index contributed by atoms with van der Waals surface area (Å²) in [5.41, 5.74) is 1.45. The lowest BCUT2D eigenvalue weighted by Gasteiger charge is -2.15. The Morgan fingerprint density at radius 1 is 0.926 bits per heavy atom. The van der Waals surface area contributed by atoms with Crippen molar-refractivity contribution < 1.29 is 9.59 Å². The van der Waals surface area contributed by atoms with Crippen LogP contribution in [-0.4, -0.2) is 11.7 Å². The first-order valence-corrected chi connectivity index (χ1v) is 9.97. The topological polar surface area (TPSA) is 46.2 Å². The van der Waals surface area contributed by atoms with Crippen molar-refractivity contribution >= 4 is 57.8 Å². The molecule has 3 rings (SSSR count). The van der Waals surface area contributed by atoms with E-state index in [2.05, 4.69) is 5.32 Å². The summed E-state index contributed by atoms with van der Waals surface area (Å²) in [4.78, 5) is 25.8. The molecule has 0 spiro atoms. The number of carbonyl (C=O) groups excluding carboxylic acids is 2. The zero-order valence-electron chi connectivity index (χ0n) is 14.1. The highest BCUT2D eigenvalue weighted by Gasteiger charge is 2.28. The number of rotatable bonds is 5. The Morgan fingerprint density at radius 2 is 1.59 bits per heavy atom. The number of benzene rings is 2. The van der Waals surface area contributed by atoms with E-state index in [0.29, 0.717) is 10.6 Å². The van der Waals surface area contributed by atoms with Crippen LogP contribution in [-0.2, 0) is 0 Å². The summed E-state index contributed by atoms with van der Waals surface area (Å²) in [6, 6.07) is 15.7. The summed E-state index contributed by atoms with van der Waals surface area (Å²) in [6.45, 7) is 1.85. The molecular weight excluding hydrogens is 425 g/mol. The molecule has 138 valence electrons. The second-order valence-corrected chi connectivity index (χ2v) is 8.51. The van der Waals surface area contributed by atoms with Gasteiger partial charge in [-0.3, -0.25) is 9.59 Å². The standard InChI is InChI=1S/C20H14Cl3NO2S/c1-11(12-6-3-2-4-7-12)24-20(26)16-15(18(22)27-19(16)23)17(25)13-8-5-9-14(21)10-13/h2-11H,1H3,(H,24,26)/t11-/m0/s1. The van der Waals surface area contributed by atoms with Gasteiger partial charge in [0.05, 0.1) is 17.2 Å². The van der Waals surface area contributed by atoms with Crippen LogP contribution < -0.4 is 5.32 Å². The van der Waals surface area contributed by atoms with Crippen molar-refractivity contribution in [2.75, 3.05) is 0 Å². The molecule has 0 aliphatic heterocycles. The van der Waals surface area contributed by atoms with Gasteiger partial charge in [0.2, 0.25) is 0 Å². The second kappa shape index (κ2) is 8.44. The van der Waals surface area contributed by atoms with Crippen molar-refractivity contribution in [1.29, 1.82) is 0 Å². The van der Waals surface area contributed by atoms with E-state index in [0.717, 1.165) is 16.9 Å². The molecule has 1 aromatic heterocycles. The van der Waals surface area contributed by atoms with Gasteiger partial charge in [0.25, 0.3) is 5.91 Å². The molecule has 1 atom stereocenters. The smallest absolute Gasteiger partial charge is 0.254 e. The third kappa shape index (κ3) is 4.36. The van der Waals surface area contributed by atoms with E-state index in [1.54, 1.807) is 18.2 Å². The third-order valence-electron chi connectivity index (χ3n) is 4.01. The first-order valence-electron chi connectivity index (χ1n) is 8.02. The molecule has 0 aliphatic rings. The zero-order chi connectivity index (χ0) is 19.6. The van der Waals surface area contributed by atoms with Crippen LogP contribution in [0.15, 0.2) is 54.6 Å². The molecule has 0 saturated carbocycles. The maximum Gasteiger partial charge on any atom is 0.254 e. The van der Waals surface area contributed by atoms with Gasteiger partial charge in [-0.15, -0.1) is 11.3 Å². The zero-order valence-corrected chi connectivity index (χ0v) is 17.2. The second-order valence-electron chi connectivity index (χ2n) is 5.84. The number of nitrogens with one attached hydrogen (secondary N) is 1. The molecule has 0 saturated heterocycles. The fourth-order valence-corrected chi connectivity index (χ4v) is 4.53. The van der Waals surface area contributed by atoms with Crippen LogP contribution in [0.3, 0.4) is 0 Å². The number of halogens is 3. The molecule has 2 aromatic carbocycles. The molecule has 3 nitrogen and oxygen atoms in total. The highest BCUT2D eigenvalue weighted by atomic mass is 35.5. The number of amides is 1. The molecule has 3 aromatic rings. The number of carbonyl (C=O) groups is 2. The maximum atomic E-state index is 12.9. The minimum absolute atomic E-state index is 0.0828. The van der Waals surface area contributed by atoms with Crippen LogP contribution >= 0.6 is 46.1 Å². The average Bonchev–Trinajstić information content (AvgIpc) is 2.95. The fraction of sp³-hybridized carbons (Fsp3) is 0.100. The van der Waals surface area contributed by atoms with E-state index in [1.165, 1.54) is 6.07 Å². The summed E-state index contributed by atoms with van der Waals surface area (Å²) < 4.78 is 0.339. The Hall–Kier alpha value is -1.85. The minimum atomic E-state index is -0.454. The molecule has 0 bridgehead atoms. The van der Waals surface area contributed by atoms with Crippen LogP contribution in [0.4, 0.5) is 0 Å². The number of hydrogen-bond acceptors (Lipinski definition) is 3. The fourth-order valence-electron chi connectivity index (χ4n) is 2.65. The normalized spacial score (nSPS) is 11.9. The maximum absolute atomic E-state index is 12.9. The van der Waals surface area contributed by atoms with Gasteiger partial charge >= 0.3 is 0 Å². The van der Waals surface area contributed by atoms with Crippen molar-refractivity contribution in [1.82, 2.24) is 5.32 Å². The summed E-state index contributed by atoms with van der Waals surface area (Å²) in [5.74, 6) is -0.854. The summed E-state index contributed by atoms with van der Waals surface area (Å²) in [6.07, 6.45) is 0. The number of ketones is 1. The molecular formula is C20H14Cl3NO2S. The Labute approximate surface area is 175 Å². The predicted octanol–water partition coefficient (Wildman–Crippen LogP) is 6.43. The van der Waals surface area contributed by atoms with Crippen molar-refractivity contribution in [3.63, 3.8) is 0 Å². The van der Waals surface area contributed by atoms with Gasteiger partial charge in [0, 0.05) is 10.6 Å². The van der Waals surface area contributed by atoms with Crippen molar-refractivity contribution in [2.45, 2.75) is 13.0 Å². The Morgan fingerprint density at radius 3 is 2.26 bits per heavy atom. The molecule has 27 heavy (non-hydrogen) atoms. The van der Waals surface area contributed by atoms with Crippen LogP contribution in [0.25, 0.3) is 0 Å².